The Kier molecular flexibility index (Phi) is 20.8. The van der Waals surface area contributed by atoms with E-state index in [1.165, 1.54) is 5.01 Å². The number of amides is 2. The number of hydrogen-bond donors (Lipinski definition) is 0. The van der Waals surface area contributed by atoms with E-state index in [2.05, 4.69) is 42.1 Å². The molecular weight excluding hydrogens is 659 g/mol. The third kappa shape index (κ3) is 16.6. The first-order valence-corrected chi connectivity index (χ1v) is 19.6. The molecule has 0 spiro atoms. The van der Waals surface area contributed by atoms with E-state index in [1.54, 1.807) is 17.0 Å². The van der Waals surface area contributed by atoms with Crippen molar-refractivity contribution in [1.29, 1.82) is 0 Å². The first-order valence-electron chi connectivity index (χ1n) is 15.8. The van der Waals surface area contributed by atoms with Crippen molar-refractivity contribution in [3.05, 3.63) is 77.3 Å². The van der Waals surface area contributed by atoms with Gasteiger partial charge in [0.05, 0.1) is 19.1 Å². The summed E-state index contributed by atoms with van der Waals surface area (Å²) < 4.78 is 10.6. The van der Waals surface area contributed by atoms with Crippen molar-refractivity contribution in [3.8, 4) is 0 Å². The van der Waals surface area contributed by atoms with E-state index in [9.17, 15) is 14.4 Å². The minimum atomic E-state index is -0.695. The fourth-order valence-electron chi connectivity index (χ4n) is 4.21. The third-order valence-electron chi connectivity index (χ3n) is 6.68. The summed E-state index contributed by atoms with van der Waals surface area (Å²) in [6.07, 6.45) is 10.8. The average Bonchev–Trinajstić information content (AvgIpc) is 3.06. The predicted octanol–water partition coefficient (Wildman–Crippen LogP) is 7.33. The number of amidine groups is 1. The van der Waals surface area contributed by atoms with Gasteiger partial charge < -0.3 is 14.4 Å². The molecular formula is C35H52Cl2N4O5S. The van der Waals surface area contributed by atoms with Gasteiger partial charge in [-0.1, -0.05) is 74.3 Å². The van der Waals surface area contributed by atoms with Crippen molar-refractivity contribution in [1.82, 2.24) is 9.91 Å². The molecule has 9 nitrogen and oxygen atoms in total. The molecule has 1 atom stereocenters. The number of benzene rings is 2. The molecule has 2 amide bonds. The van der Waals surface area contributed by atoms with E-state index in [0.29, 0.717) is 43.2 Å². The van der Waals surface area contributed by atoms with Crippen LogP contribution in [0, 0.1) is 5.92 Å². The Morgan fingerprint density at radius 3 is 2.30 bits per heavy atom. The summed E-state index contributed by atoms with van der Waals surface area (Å²) in [5, 5.41) is 7.09. The molecule has 2 aliphatic rings. The number of piperidine rings is 1. The van der Waals surface area contributed by atoms with E-state index >= 15 is 0 Å². The lowest BCUT2D eigenvalue weighted by Crippen LogP contribution is -2.54. The van der Waals surface area contributed by atoms with Crippen LogP contribution in [-0.4, -0.2) is 98.1 Å². The largest absolute Gasteiger partial charge is 0.466 e. The first-order chi connectivity index (χ1) is 22.5. The second kappa shape index (κ2) is 23.3. The van der Waals surface area contributed by atoms with Gasteiger partial charge in [-0.05, 0) is 61.9 Å². The van der Waals surface area contributed by atoms with Crippen LogP contribution in [0.2, 0.25) is 10.0 Å². The van der Waals surface area contributed by atoms with Crippen LogP contribution < -0.4 is 4.90 Å². The lowest BCUT2D eigenvalue weighted by molar-refractivity contribution is -0.137. The van der Waals surface area contributed by atoms with Crippen molar-refractivity contribution >= 4 is 63.0 Å². The molecule has 1 fully saturated rings. The van der Waals surface area contributed by atoms with E-state index in [0.717, 1.165) is 23.0 Å². The number of rotatable bonds is 12. The lowest BCUT2D eigenvalue weighted by atomic mass is 9.95. The molecule has 47 heavy (non-hydrogen) atoms. The van der Waals surface area contributed by atoms with Crippen LogP contribution in [0.15, 0.2) is 72.4 Å². The zero-order valence-electron chi connectivity index (χ0n) is 28.7. The quantitative estimate of drug-likeness (QED) is 0.0992. The zero-order valence-corrected chi connectivity index (χ0v) is 31.0. The minimum absolute atomic E-state index is 0.0568. The number of carbonyl (C=O) groups is 3. The molecule has 1 unspecified atom stereocenters. The monoisotopic (exact) mass is 710 g/mol. The van der Waals surface area contributed by atoms with Gasteiger partial charge in [-0.25, -0.2) is 15.0 Å². The van der Waals surface area contributed by atoms with Crippen LogP contribution in [0.3, 0.4) is 0 Å². The number of hydrazone groups is 1. The number of halogens is 2. The second-order valence-corrected chi connectivity index (χ2v) is 16.6. The standard InChI is InChI=1S/C23H33ClN4O5S.C6H5Cl.C4H8.C2H6/c1-34(2,3)12-11-32-16-27(20-6-4-5-19(24)13-20)23(31)18-7-8-21-25-28(9-10-33-17-29)22(30)15-26(21)14-18;7-6-4-2-1-3-5-6;1-3-4-2;1-2/h4-6,13,17-18H,7-12,14-16H2,1-3H3;1-5H;3H,1,4H2,2H3;1-2H3. The van der Waals surface area contributed by atoms with Crippen molar-refractivity contribution in [2.75, 3.05) is 69.0 Å². The highest BCUT2D eigenvalue weighted by Gasteiger charge is 2.36. The Balaban J connectivity index is 0.000000714. The van der Waals surface area contributed by atoms with Crippen molar-refractivity contribution in [3.63, 3.8) is 0 Å². The summed E-state index contributed by atoms with van der Waals surface area (Å²) >= 11 is 11.7. The Hall–Kier alpha value is -3.05. The maximum atomic E-state index is 13.6. The molecule has 1 saturated heterocycles. The van der Waals surface area contributed by atoms with Gasteiger partial charge in [-0.2, -0.15) is 5.10 Å². The Morgan fingerprint density at radius 1 is 1.09 bits per heavy atom. The molecule has 2 aromatic carbocycles. The number of allylic oxidation sites excluding steroid dienone is 1. The first kappa shape index (κ1) is 42.0. The molecule has 0 radical (unpaired) electrons. The second-order valence-electron chi connectivity index (χ2n) is 11.2. The molecule has 0 bridgehead atoms. The summed E-state index contributed by atoms with van der Waals surface area (Å²) in [6, 6.07) is 16.6. The van der Waals surface area contributed by atoms with Crippen LogP contribution in [0.25, 0.3) is 0 Å². The Bertz CT molecular complexity index is 1260. The van der Waals surface area contributed by atoms with Gasteiger partial charge in [0, 0.05) is 34.5 Å². The lowest BCUT2D eigenvalue weighted by Gasteiger charge is -2.40. The molecule has 2 aromatic rings. The topological polar surface area (TPSA) is 91.7 Å². The number of nitrogens with zero attached hydrogens (tertiary/aromatic N) is 4. The van der Waals surface area contributed by atoms with Crippen LogP contribution in [-0.2, 0) is 23.9 Å². The van der Waals surface area contributed by atoms with Crippen molar-refractivity contribution in [2.24, 2.45) is 11.0 Å². The third-order valence-corrected chi connectivity index (χ3v) is 8.56. The van der Waals surface area contributed by atoms with Gasteiger partial charge in [0.15, 0.2) is 0 Å². The fraction of sp³-hybridized carbons (Fsp3) is 0.486. The molecule has 2 heterocycles. The molecule has 0 N–H and O–H groups in total. The average molecular weight is 712 g/mol. The van der Waals surface area contributed by atoms with Crippen molar-refractivity contribution in [2.45, 2.75) is 40.0 Å². The fourth-order valence-corrected chi connectivity index (χ4v) is 5.15. The molecule has 0 saturated carbocycles. The van der Waals surface area contributed by atoms with Gasteiger partial charge in [-0.3, -0.25) is 19.3 Å². The molecule has 262 valence electrons. The summed E-state index contributed by atoms with van der Waals surface area (Å²) in [7, 11) is -0.695. The van der Waals surface area contributed by atoms with E-state index < -0.39 is 10.0 Å². The Labute approximate surface area is 293 Å². The maximum Gasteiger partial charge on any atom is 0.293 e. The zero-order chi connectivity index (χ0) is 35.2. The highest BCUT2D eigenvalue weighted by molar-refractivity contribution is 8.32. The van der Waals surface area contributed by atoms with E-state index in [1.807, 2.05) is 67.3 Å². The maximum absolute atomic E-state index is 13.6. The van der Waals surface area contributed by atoms with Gasteiger partial charge in [0.1, 0.15) is 25.7 Å². The van der Waals surface area contributed by atoms with Crippen LogP contribution in [0.1, 0.15) is 40.0 Å². The normalized spacial score (nSPS) is 15.5. The molecule has 2 aliphatic heterocycles. The van der Waals surface area contributed by atoms with E-state index in [4.69, 9.17) is 27.9 Å². The number of fused-ring (bicyclic) bond motifs is 1. The number of anilines is 1. The highest BCUT2D eigenvalue weighted by atomic mass is 35.5. The highest BCUT2D eigenvalue weighted by Crippen LogP contribution is 2.34. The summed E-state index contributed by atoms with van der Waals surface area (Å²) in [6.45, 7) is 11.5. The van der Waals surface area contributed by atoms with Crippen LogP contribution >= 0.6 is 33.2 Å². The van der Waals surface area contributed by atoms with Gasteiger partial charge in [-0.15, -0.1) is 6.58 Å². The number of carbonyl (C=O) groups excluding carboxylic acids is 3. The van der Waals surface area contributed by atoms with Gasteiger partial charge in [0.25, 0.3) is 12.4 Å². The molecule has 0 aliphatic carbocycles. The molecule has 0 aromatic heterocycles. The smallest absolute Gasteiger partial charge is 0.293 e. The SMILES string of the molecule is C=CCC.CC.CS(C)(C)CCOCN(C(=O)C1CCC2=NN(CCOC=O)C(=O)CN2C1)c1cccc(Cl)c1.Clc1ccccc1. The summed E-state index contributed by atoms with van der Waals surface area (Å²) in [5.74, 6) is 1.18. The van der Waals surface area contributed by atoms with Gasteiger partial charge in [0.2, 0.25) is 5.91 Å². The van der Waals surface area contributed by atoms with E-state index in [-0.39, 0.29) is 44.2 Å². The molecule has 4 rings (SSSR count). The summed E-state index contributed by atoms with van der Waals surface area (Å²) in [5.41, 5.74) is 0.691. The minimum Gasteiger partial charge on any atom is -0.466 e. The summed E-state index contributed by atoms with van der Waals surface area (Å²) in [4.78, 5) is 39.9. The number of ether oxygens (including phenoxy) is 2. The van der Waals surface area contributed by atoms with Gasteiger partial charge >= 0.3 is 0 Å². The number of hydrogen-bond acceptors (Lipinski definition) is 7. The Morgan fingerprint density at radius 2 is 1.74 bits per heavy atom. The molecule has 12 heteroatoms. The van der Waals surface area contributed by atoms with Crippen LogP contribution in [0.5, 0.6) is 0 Å². The van der Waals surface area contributed by atoms with Crippen molar-refractivity contribution < 1.29 is 23.9 Å². The van der Waals surface area contributed by atoms with Crippen LogP contribution in [0.4, 0.5) is 5.69 Å². The predicted molar refractivity (Wildman–Crippen MR) is 199 cm³/mol.